The number of aryl methyl sites for hydroxylation is 1. The monoisotopic (exact) mass is 250 g/mol. The standard InChI is InChI=1S/C15H26N2O/c1-7-13-8-12(10-16-15(4,5)6)9-14(17-13)18-11(2)3/h8-9,11,16H,7,10H2,1-6H3. The Hall–Kier alpha value is -1.09. The van der Waals surface area contributed by atoms with E-state index in [9.17, 15) is 0 Å². The zero-order chi connectivity index (χ0) is 13.8. The molecule has 102 valence electrons. The van der Waals surface area contributed by atoms with Crippen LogP contribution in [0.2, 0.25) is 0 Å². The van der Waals surface area contributed by atoms with Gasteiger partial charge in [-0.05, 0) is 52.7 Å². The topological polar surface area (TPSA) is 34.1 Å². The van der Waals surface area contributed by atoms with E-state index in [4.69, 9.17) is 4.74 Å². The summed E-state index contributed by atoms with van der Waals surface area (Å²) in [5.41, 5.74) is 2.43. The maximum Gasteiger partial charge on any atom is 0.214 e. The van der Waals surface area contributed by atoms with Gasteiger partial charge in [-0.3, -0.25) is 0 Å². The molecule has 3 heteroatoms. The molecular formula is C15H26N2O. The lowest BCUT2D eigenvalue weighted by molar-refractivity contribution is 0.231. The maximum atomic E-state index is 5.69. The summed E-state index contributed by atoms with van der Waals surface area (Å²) in [5.74, 6) is 0.732. The SMILES string of the molecule is CCc1cc(CNC(C)(C)C)cc(OC(C)C)n1. The molecule has 1 aromatic heterocycles. The summed E-state index contributed by atoms with van der Waals surface area (Å²) < 4.78 is 5.69. The van der Waals surface area contributed by atoms with Gasteiger partial charge in [0.25, 0.3) is 0 Å². The van der Waals surface area contributed by atoms with Gasteiger partial charge in [0, 0.05) is 23.8 Å². The van der Waals surface area contributed by atoms with Crippen LogP contribution in [-0.4, -0.2) is 16.6 Å². The van der Waals surface area contributed by atoms with Crippen molar-refractivity contribution in [2.45, 2.75) is 66.2 Å². The molecule has 0 aliphatic rings. The summed E-state index contributed by atoms with van der Waals surface area (Å²) in [5, 5.41) is 3.49. The molecule has 0 aliphatic carbocycles. The van der Waals surface area contributed by atoms with Crippen molar-refractivity contribution in [3.63, 3.8) is 0 Å². The lowest BCUT2D eigenvalue weighted by atomic mass is 10.1. The van der Waals surface area contributed by atoms with E-state index in [-0.39, 0.29) is 11.6 Å². The van der Waals surface area contributed by atoms with Gasteiger partial charge >= 0.3 is 0 Å². The zero-order valence-electron chi connectivity index (χ0n) is 12.5. The highest BCUT2D eigenvalue weighted by atomic mass is 16.5. The molecule has 0 unspecified atom stereocenters. The first kappa shape index (κ1) is 15.0. The lowest BCUT2D eigenvalue weighted by Crippen LogP contribution is -2.35. The van der Waals surface area contributed by atoms with Crippen LogP contribution in [0, 0.1) is 0 Å². The van der Waals surface area contributed by atoms with Crippen LogP contribution in [0.4, 0.5) is 0 Å². The molecule has 0 spiro atoms. The molecule has 0 fully saturated rings. The van der Waals surface area contributed by atoms with E-state index in [1.807, 2.05) is 19.9 Å². The number of nitrogens with zero attached hydrogens (tertiary/aromatic N) is 1. The molecule has 0 bridgehead atoms. The number of nitrogens with one attached hydrogen (secondary N) is 1. The second kappa shape index (κ2) is 6.19. The number of ether oxygens (including phenoxy) is 1. The minimum absolute atomic E-state index is 0.120. The van der Waals surface area contributed by atoms with E-state index >= 15 is 0 Å². The third kappa shape index (κ3) is 5.50. The maximum absolute atomic E-state index is 5.69. The minimum Gasteiger partial charge on any atom is -0.475 e. The van der Waals surface area contributed by atoms with E-state index < -0.39 is 0 Å². The summed E-state index contributed by atoms with van der Waals surface area (Å²) >= 11 is 0. The third-order valence-corrected chi connectivity index (χ3v) is 2.46. The summed E-state index contributed by atoms with van der Waals surface area (Å²) in [6.45, 7) is 13.5. The molecular weight excluding hydrogens is 224 g/mol. The van der Waals surface area contributed by atoms with Crippen LogP contribution < -0.4 is 10.1 Å². The Morgan fingerprint density at radius 1 is 1.28 bits per heavy atom. The summed E-state index contributed by atoms with van der Waals surface area (Å²) in [4.78, 5) is 4.49. The summed E-state index contributed by atoms with van der Waals surface area (Å²) in [7, 11) is 0. The quantitative estimate of drug-likeness (QED) is 0.870. The molecule has 0 aromatic carbocycles. The lowest BCUT2D eigenvalue weighted by Gasteiger charge is -2.21. The minimum atomic E-state index is 0.120. The van der Waals surface area contributed by atoms with Crippen LogP contribution in [0.5, 0.6) is 5.88 Å². The van der Waals surface area contributed by atoms with Crippen molar-refractivity contribution in [2.75, 3.05) is 0 Å². The number of hydrogen-bond acceptors (Lipinski definition) is 3. The van der Waals surface area contributed by atoms with Crippen LogP contribution in [0.1, 0.15) is 52.8 Å². The van der Waals surface area contributed by atoms with Gasteiger partial charge in [0.15, 0.2) is 0 Å². The molecule has 1 heterocycles. The van der Waals surface area contributed by atoms with Crippen LogP contribution in [0.15, 0.2) is 12.1 Å². The van der Waals surface area contributed by atoms with E-state index in [1.54, 1.807) is 0 Å². The van der Waals surface area contributed by atoms with Gasteiger partial charge < -0.3 is 10.1 Å². The van der Waals surface area contributed by atoms with Crippen LogP contribution in [0.25, 0.3) is 0 Å². The molecule has 0 saturated carbocycles. The van der Waals surface area contributed by atoms with E-state index in [1.165, 1.54) is 5.56 Å². The number of aromatic nitrogens is 1. The number of hydrogen-bond donors (Lipinski definition) is 1. The van der Waals surface area contributed by atoms with Crippen LogP contribution >= 0.6 is 0 Å². The number of rotatable bonds is 5. The first-order valence-corrected chi connectivity index (χ1v) is 6.71. The molecule has 0 radical (unpaired) electrons. The predicted molar refractivity (Wildman–Crippen MR) is 76.0 cm³/mol. The van der Waals surface area contributed by atoms with Gasteiger partial charge in [0.2, 0.25) is 5.88 Å². The van der Waals surface area contributed by atoms with Crippen molar-refractivity contribution in [2.24, 2.45) is 0 Å². The van der Waals surface area contributed by atoms with E-state index in [0.717, 1.165) is 24.5 Å². The highest BCUT2D eigenvalue weighted by Crippen LogP contribution is 2.15. The van der Waals surface area contributed by atoms with Crippen molar-refractivity contribution < 1.29 is 4.74 Å². The van der Waals surface area contributed by atoms with Gasteiger partial charge in [0.1, 0.15) is 0 Å². The molecule has 0 amide bonds. The second-order valence-electron chi connectivity index (χ2n) is 5.93. The average Bonchev–Trinajstić information content (AvgIpc) is 2.24. The van der Waals surface area contributed by atoms with Gasteiger partial charge in [-0.1, -0.05) is 6.92 Å². The average molecular weight is 250 g/mol. The van der Waals surface area contributed by atoms with Crippen LogP contribution in [-0.2, 0) is 13.0 Å². The molecule has 3 nitrogen and oxygen atoms in total. The smallest absolute Gasteiger partial charge is 0.214 e. The summed E-state index contributed by atoms with van der Waals surface area (Å²) in [6, 6.07) is 4.17. The van der Waals surface area contributed by atoms with Crippen molar-refractivity contribution in [1.29, 1.82) is 0 Å². The van der Waals surface area contributed by atoms with Crippen molar-refractivity contribution in [1.82, 2.24) is 10.3 Å². The normalized spacial score (nSPS) is 11.9. The van der Waals surface area contributed by atoms with Crippen molar-refractivity contribution in [3.8, 4) is 5.88 Å². The Kier molecular flexibility index (Phi) is 5.15. The molecule has 18 heavy (non-hydrogen) atoms. The number of pyridine rings is 1. The van der Waals surface area contributed by atoms with Gasteiger partial charge in [-0.25, -0.2) is 4.98 Å². The highest BCUT2D eigenvalue weighted by molar-refractivity contribution is 5.25. The third-order valence-electron chi connectivity index (χ3n) is 2.46. The Balaban J connectivity index is 2.83. The summed E-state index contributed by atoms with van der Waals surface area (Å²) in [6.07, 6.45) is 1.09. The second-order valence-corrected chi connectivity index (χ2v) is 5.93. The van der Waals surface area contributed by atoms with Gasteiger partial charge in [0.05, 0.1) is 6.10 Å². The van der Waals surface area contributed by atoms with Crippen molar-refractivity contribution in [3.05, 3.63) is 23.4 Å². The first-order valence-electron chi connectivity index (χ1n) is 6.71. The Labute approximate surface area is 111 Å². The largest absolute Gasteiger partial charge is 0.475 e. The molecule has 0 aliphatic heterocycles. The van der Waals surface area contributed by atoms with E-state index in [0.29, 0.717) is 0 Å². The van der Waals surface area contributed by atoms with Crippen LogP contribution in [0.3, 0.4) is 0 Å². The van der Waals surface area contributed by atoms with Gasteiger partial charge in [-0.15, -0.1) is 0 Å². The molecule has 0 saturated heterocycles. The molecule has 1 N–H and O–H groups in total. The molecule has 1 rings (SSSR count). The van der Waals surface area contributed by atoms with Crippen molar-refractivity contribution >= 4 is 0 Å². The predicted octanol–water partition coefficient (Wildman–Crippen LogP) is 3.32. The fourth-order valence-corrected chi connectivity index (χ4v) is 1.57. The Morgan fingerprint density at radius 3 is 2.44 bits per heavy atom. The fourth-order valence-electron chi connectivity index (χ4n) is 1.57. The van der Waals surface area contributed by atoms with E-state index in [2.05, 4.69) is 44.1 Å². The fraction of sp³-hybridized carbons (Fsp3) is 0.667. The molecule has 1 aromatic rings. The van der Waals surface area contributed by atoms with Gasteiger partial charge in [-0.2, -0.15) is 0 Å². The Morgan fingerprint density at radius 2 is 1.94 bits per heavy atom. The first-order chi connectivity index (χ1) is 8.30. The Bertz CT molecular complexity index is 381. The molecule has 0 atom stereocenters. The zero-order valence-corrected chi connectivity index (χ0v) is 12.5. The highest BCUT2D eigenvalue weighted by Gasteiger charge is 2.10.